The lowest BCUT2D eigenvalue weighted by Gasteiger charge is -2.09. The van der Waals surface area contributed by atoms with Gasteiger partial charge in [-0.3, -0.25) is 4.79 Å². The molecule has 3 aromatic carbocycles. The lowest BCUT2D eigenvalue weighted by Crippen LogP contribution is -1.94. The van der Waals surface area contributed by atoms with Crippen LogP contribution in [0.25, 0.3) is 33.3 Å². The van der Waals surface area contributed by atoms with Gasteiger partial charge in [0.25, 0.3) is 0 Å². The minimum Gasteiger partial charge on any atom is -0.497 e. The van der Waals surface area contributed by atoms with Crippen LogP contribution in [0.4, 0.5) is 0 Å². The molecule has 0 aliphatic heterocycles. The first-order valence-electron chi connectivity index (χ1n) is 8.77. The van der Waals surface area contributed by atoms with E-state index in [1.807, 2.05) is 54.3 Å². The molecule has 0 unspecified atom stereocenters. The van der Waals surface area contributed by atoms with Gasteiger partial charge in [-0.25, -0.2) is 4.98 Å². The van der Waals surface area contributed by atoms with E-state index in [2.05, 4.69) is 29.2 Å². The van der Waals surface area contributed by atoms with E-state index in [9.17, 15) is 4.79 Å². The van der Waals surface area contributed by atoms with E-state index in [0.717, 1.165) is 39.0 Å². The van der Waals surface area contributed by atoms with Gasteiger partial charge >= 0.3 is 0 Å². The number of hydrogen-bond acceptors (Lipinski definition) is 3. The van der Waals surface area contributed by atoms with Crippen LogP contribution in [0.1, 0.15) is 17.3 Å². The summed E-state index contributed by atoms with van der Waals surface area (Å²) in [4.78, 5) is 16.1. The predicted octanol–water partition coefficient (Wildman–Crippen LogP) is 5.12. The molecule has 0 amide bonds. The number of hydrogen-bond donors (Lipinski definition) is 0. The largest absolute Gasteiger partial charge is 0.497 e. The number of methoxy groups -OCH3 is 1. The Labute approximate surface area is 158 Å². The molecule has 0 radical (unpaired) electrons. The number of Topliss-reactive ketones (excluding diaryl/α,β-unsaturated/α-hetero) is 1. The number of carbonyl (C=O) groups is 1. The number of aryl methyl sites for hydroxylation is 1. The fourth-order valence-electron chi connectivity index (χ4n) is 3.34. The number of imidazole rings is 1. The lowest BCUT2D eigenvalue weighted by molar-refractivity contribution is 0.101. The first kappa shape index (κ1) is 17.0. The van der Waals surface area contributed by atoms with Crippen LogP contribution in [0.5, 0.6) is 5.75 Å². The van der Waals surface area contributed by atoms with Crippen LogP contribution >= 0.6 is 0 Å². The first-order chi connectivity index (χ1) is 13.1. The van der Waals surface area contributed by atoms with Crippen LogP contribution in [0.3, 0.4) is 0 Å². The number of fused-ring (bicyclic) bond motifs is 1. The molecular formula is C23H20N2O2. The van der Waals surface area contributed by atoms with Crippen molar-refractivity contribution in [2.24, 2.45) is 7.05 Å². The van der Waals surface area contributed by atoms with Crippen molar-refractivity contribution in [1.82, 2.24) is 9.55 Å². The zero-order valence-electron chi connectivity index (χ0n) is 15.6. The zero-order valence-corrected chi connectivity index (χ0v) is 15.6. The van der Waals surface area contributed by atoms with Gasteiger partial charge in [-0.1, -0.05) is 42.5 Å². The average molecular weight is 356 g/mol. The Morgan fingerprint density at radius 1 is 0.926 bits per heavy atom. The smallest absolute Gasteiger partial charge is 0.159 e. The van der Waals surface area contributed by atoms with Gasteiger partial charge in [0.15, 0.2) is 5.78 Å². The molecule has 134 valence electrons. The van der Waals surface area contributed by atoms with Gasteiger partial charge in [-0.2, -0.15) is 0 Å². The average Bonchev–Trinajstić information content (AvgIpc) is 3.08. The number of aromatic nitrogens is 2. The van der Waals surface area contributed by atoms with Gasteiger partial charge in [0.2, 0.25) is 0 Å². The molecule has 0 N–H and O–H groups in total. The van der Waals surface area contributed by atoms with Crippen LogP contribution in [0.2, 0.25) is 0 Å². The molecule has 0 aliphatic carbocycles. The van der Waals surface area contributed by atoms with Crippen molar-refractivity contribution in [2.75, 3.05) is 7.11 Å². The summed E-state index contributed by atoms with van der Waals surface area (Å²) in [6.45, 7) is 1.57. The van der Waals surface area contributed by atoms with Gasteiger partial charge < -0.3 is 9.30 Å². The standard InChI is InChI=1S/C23H20N2O2/c1-15(26)16-4-6-17(7-5-16)22-23(25(2)14-24-22)20-9-8-19-13-21(27-3)11-10-18(19)12-20/h4-14H,1-3H3. The number of rotatable bonds is 4. The van der Waals surface area contributed by atoms with Crippen LogP contribution in [-0.2, 0) is 7.05 Å². The Balaban J connectivity index is 1.81. The van der Waals surface area contributed by atoms with E-state index in [4.69, 9.17) is 4.74 Å². The normalized spacial score (nSPS) is 10.9. The molecule has 0 spiro atoms. The maximum Gasteiger partial charge on any atom is 0.159 e. The number of ketones is 1. The molecule has 0 aliphatic rings. The van der Waals surface area contributed by atoms with E-state index in [1.165, 1.54) is 0 Å². The Morgan fingerprint density at radius 2 is 1.59 bits per heavy atom. The minimum absolute atomic E-state index is 0.0627. The molecule has 4 heteroatoms. The predicted molar refractivity (Wildman–Crippen MR) is 108 cm³/mol. The fourth-order valence-corrected chi connectivity index (χ4v) is 3.34. The van der Waals surface area contributed by atoms with Gasteiger partial charge in [0.1, 0.15) is 5.75 Å². The molecule has 4 aromatic rings. The third kappa shape index (κ3) is 3.10. The second kappa shape index (κ2) is 6.72. The molecule has 4 rings (SSSR count). The molecule has 1 aromatic heterocycles. The third-order valence-corrected chi connectivity index (χ3v) is 4.82. The Kier molecular flexibility index (Phi) is 4.24. The summed E-state index contributed by atoms with van der Waals surface area (Å²) in [7, 11) is 3.67. The van der Waals surface area contributed by atoms with Gasteiger partial charge in [0.05, 0.1) is 24.8 Å². The van der Waals surface area contributed by atoms with Crippen LogP contribution in [-0.4, -0.2) is 22.4 Å². The summed E-state index contributed by atoms with van der Waals surface area (Å²) < 4.78 is 7.34. The van der Waals surface area contributed by atoms with Crippen molar-refractivity contribution >= 4 is 16.6 Å². The lowest BCUT2D eigenvalue weighted by atomic mass is 10.00. The van der Waals surface area contributed by atoms with Crippen LogP contribution in [0.15, 0.2) is 67.0 Å². The summed E-state index contributed by atoms with van der Waals surface area (Å²) >= 11 is 0. The molecule has 0 saturated heterocycles. The molecule has 0 saturated carbocycles. The third-order valence-electron chi connectivity index (χ3n) is 4.82. The second-order valence-electron chi connectivity index (χ2n) is 6.61. The number of benzene rings is 3. The highest BCUT2D eigenvalue weighted by molar-refractivity contribution is 5.95. The number of ether oxygens (including phenoxy) is 1. The highest BCUT2D eigenvalue weighted by atomic mass is 16.5. The van der Waals surface area contributed by atoms with E-state index >= 15 is 0 Å². The monoisotopic (exact) mass is 356 g/mol. The van der Waals surface area contributed by atoms with E-state index < -0.39 is 0 Å². The quantitative estimate of drug-likeness (QED) is 0.477. The minimum atomic E-state index is 0.0627. The molecular weight excluding hydrogens is 336 g/mol. The van der Waals surface area contributed by atoms with Crippen molar-refractivity contribution in [3.05, 3.63) is 72.6 Å². The topological polar surface area (TPSA) is 44.1 Å². The van der Waals surface area contributed by atoms with E-state index in [0.29, 0.717) is 5.56 Å². The number of nitrogens with zero attached hydrogens (tertiary/aromatic N) is 2. The summed E-state index contributed by atoms with van der Waals surface area (Å²) in [5, 5.41) is 2.28. The van der Waals surface area contributed by atoms with Crippen LogP contribution < -0.4 is 4.74 Å². The number of carbonyl (C=O) groups excluding carboxylic acids is 1. The zero-order chi connectivity index (χ0) is 19.0. The first-order valence-corrected chi connectivity index (χ1v) is 8.77. The van der Waals surface area contributed by atoms with Crippen LogP contribution in [0, 0.1) is 0 Å². The highest BCUT2D eigenvalue weighted by Crippen LogP contribution is 2.33. The van der Waals surface area contributed by atoms with Gasteiger partial charge in [-0.05, 0) is 35.9 Å². The molecule has 0 atom stereocenters. The van der Waals surface area contributed by atoms with Crippen molar-refractivity contribution in [3.8, 4) is 28.3 Å². The Morgan fingerprint density at radius 3 is 2.30 bits per heavy atom. The summed E-state index contributed by atoms with van der Waals surface area (Å²) in [5.41, 5.74) is 4.74. The molecule has 27 heavy (non-hydrogen) atoms. The Hall–Kier alpha value is -3.40. The maximum atomic E-state index is 11.5. The molecule has 4 nitrogen and oxygen atoms in total. The van der Waals surface area contributed by atoms with Gasteiger partial charge in [0, 0.05) is 23.7 Å². The molecule has 0 bridgehead atoms. The van der Waals surface area contributed by atoms with E-state index in [-0.39, 0.29) is 5.78 Å². The van der Waals surface area contributed by atoms with Crippen molar-refractivity contribution in [1.29, 1.82) is 0 Å². The van der Waals surface area contributed by atoms with Crippen molar-refractivity contribution in [3.63, 3.8) is 0 Å². The molecule has 1 heterocycles. The highest BCUT2D eigenvalue weighted by Gasteiger charge is 2.14. The SMILES string of the molecule is COc1ccc2cc(-c3c(-c4ccc(C(C)=O)cc4)ncn3C)ccc2c1. The molecule has 0 fully saturated rings. The summed E-state index contributed by atoms with van der Waals surface area (Å²) in [6.07, 6.45) is 1.82. The summed E-state index contributed by atoms with van der Waals surface area (Å²) in [5.74, 6) is 0.912. The second-order valence-corrected chi connectivity index (χ2v) is 6.61. The van der Waals surface area contributed by atoms with Crippen molar-refractivity contribution < 1.29 is 9.53 Å². The fraction of sp³-hybridized carbons (Fsp3) is 0.130. The maximum absolute atomic E-state index is 11.5. The van der Waals surface area contributed by atoms with Gasteiger partial charge in [-0.15, -0.1) is 0 Å². The Bertz CT molecular complexity index is 1140. The summed E-state index contributed by atoms with van der Waals surface area (Å²) in [6, 6.07) is 20.0. The van der Waals surface area contributed by atoms with Crippen molar-refractivity contribution in [2.45, 2.75) is 6.92 Å². The van der Waals surface area contributed by atoms with E-state index in [1.54, 1.807) is 14.0 Å².